The molecule has 0 unspecified atom stereocenters. The summed E-state index contributed by atoms with van der Waals surface area (Å²) in [4.78, 5) is 0. The topological polar surface area (TPSA) is 61.3 Å². The highest BCUT2D eigenvalue weighted by Crippen LogP contribution is 2.19. The molecule has 0 bridgehead atoms. The van der Waals surface area contributed by atoms with Gasteiger partial charge in [0.05, 0.1) is 0 Å². The van der Waals surface area contributed by atoms with Crippen molar-refractivity contribution in [1.82, 2.24) is 5.16 Å². The summed E-state index contributed by atoms with van der Waals surface area (Å²) in [7, 11) is 0. The second-order valence-corrected chi connectivity index (χ2v) is 3.82. The van der Waals surface area contributed by atoms with Gasteiger partial charge in [-0.2, -0.15) is 8.78 Å². The predicted molar refractivity (Wildman–Crippen MR) is 67.7 cm³/mol. The van der Waals surface area contributed by atoms with Crippen LogP contribution in [0.15, 0.2) is 28.8 Å². The van der Waals surface area contributed by atoms with Crippen molar-refractivity contribution in [3.8, 4) is 5.75 Å². The summed E-state index contributed by atoms with van der Waals surface area (Å²) in [5.74, 6) is 0.671. The van der Waals surface area contributed by atoms with Crippen LogP contribution in [0.4, 0.5) is 14.5 Å². The second kappa shape index (κ2) is 5.51. The summed E-state index contributed by atoms with van der Waals surface area (Å²) in [5, 5.41) is 3.78. The van der Waals surface area contributed by atoms with Crippen LogP contribution in [0.3, 0.4) is 0 Å². The third-order valence-electron chi connectivity index (χ3n) is 2.48. The van der Waals surface area contributed by atoms with E-state index in [1.165, 1.54) is 12.1 Å². The maximum atomic E-state index is 12.0. The Bertz CT molecular complexity index is 577. The molecule has 2 rings (SSSR count). The fourth-order valence-electron chi connectivity index (χ4n) is 1.45. The Labute approximate surface area is 108 Å². The summed E-state index contributed by atoms with van der Waals surface area (Å²) in [5.41, 5.74) is 7.56. The van der Waals surface area contributed by atoms with E-state index < -0.39 is 6.61 Å². The van der Waals surface area contributed by atoms with Crippen LogP contribution in [0, 0.1) is 6.92 Å². The molecule has 2 N–H and O–H groups in total. The van der Waals surface area contributed by atoms with Crippen LogP contribution in [0.1, 0.15) is 17.0 Å². The van der Waals surface area contributed by atoms with E-state index >= 15 is 0 Å². The SMILES string of the molecule is Cc1onc(C=Cc2ccc(OC(F)F)cc2)c1N. The molecule has 1 heterocycles. The fraction of sp³-hybridized carbons (Fsp3) is 0.154. The van der Waals surface area contributed by atoms with Crippen LogP contribution < -0.4 is 10.5 Å². The van der Waals surface area contributed by atoms with Gasteiger partial charge in [-0.15, -0.1) is 0 Å². The molecule has 19 heavy (non-hydrogen) atoms. The van der Waals surface area contributed by atoms with Gasteiger partial charge in [0.25, 0.3) is 0 Å². The molecule has 6 heteroatoms. The van der Waals surface area contributed by atoms with E-state index in [2.05, 4.69) is 9.89 Å². The van der Waals surface area contributed by atoms with E-state index in [4.69, 9.17) is 10.3 Å². The van der Waals surface area contributed by atoms with Crippen LogP contribution in [0.25, 0.3) is 12.2 Å². The molecule has 0 aliphatic carbocycles. The number of hydrogen-bond acceptors (Lipinski definition) is 4. The molecule has 1 aromatic carbocycles. The molecule has 0 atom stereocenters. The van der Waals surface area contributed by atoms with Gasteiger partial charge < -0.3 is 15.0 Å². The van der Waals surface area contributed by atoms with E-state index in [-0.39, 0.29) is 5.75 Å². The number of aromatic nitrogens is 1. The summed E-state index contributed by atoms with van der Waals surface area (Å²) in [6.07, 6.45) is 3.44. The molecule has 0 radical (unpaired) electrons. The predicted octanol–water partition coefficient (Wildman–Crippen LogP) is 3.34. The van der Waals surface area contributed by atoms with Crippen LogP contribution in [-0.4, -0.2) is 11.8 Å². The van der Waals surface area contributed by atoms with E-state index in [9.17, 15) is 8.78 Å². The minimum atomic E-state index is -2.82. The van der Waals surface area contributed by atoms with Gasteiger partial charge in [-0.05, 0) is 30.7 Å². The number of nitrogen functional groups attached to an aromatic ring is 1. The zero-order valence-electron chi connectivity index (χ0n) is 10.1. The van der Waals surface area contributed by atoms with Crippen molar-refractivity contribution in [3.63, 3.8) is 0 Å². The molecule has 0 amide bonds. The lowest BCUT2D eigenvalue weighted by Crippen LogP contribution is -2.01. The Balaban J connectivity index is 2.09. The molecule has 2 aromatic rings. The van der Waals surface area contributed by atoms with Crippen molar-refractivity contribution in [2.45, 2.75) is 13.5 Å². The Morgan fingerprint density at radius 3 is 2.47 bits per heavy atom. The third-order valence-corrected chi connectivity index (χ3v) is 2.48. The Kier molecular flexibility index (Phi) is 3.79. The highest BCUT2D eigenvalue weighted by molar-refractivity contribution is 5.74. The van der Waals surface area contributed by atoms with Gasteiger partial charge in [0, 0.05) is 0 Å². The molecule has 0 saturated heterocycles. The van der Waals surface area contributed by atoms with Crippen molar-refractivity contribution < 1.29 is 18.0 Å². The Morgan fingerprint density at radius 2 is 1.95 bits per heavy atom. The average molecular weight is 266 g/mol. The van der Waals surface area contributed by atoms with Crippen LogP contribution >= 0.6 is 0 Å². The zero-order valence-corrected chi connectivity index (χ0v) is 10.1. The molecular formula is C13H12F2N2O2. The van der Waals surface area contributed by atoms with Crippen molar-refractivity contribution in [1.29, 1.82) is 0 Å². The minimum absolute atomic E-state index is 0.115. The van der Waals surface area contributed by atoms with E-state index in [0.717, 1.165) is 5.56 Å². The number of rotatable bonds is 4. The van der Waals surface area contributed by atoms with Crippen molar-refractivity contribution in [3.05, 3.63) is 41.3 Å². The van der Waals surface area contributed by atoms with Gasteiger partial charge in [0.1, 0.15) is 17.1 Å². The molecule has 0 spiro atoms. The number of ether oxygens (including phenoxy) is 1. The lowest BCUT2D eigenvalue weighted by Gasteiger charge is -2.03. The number of aryl methyl sites for hydroxylation is 1. The second-order valence-electron chi connectivity index (χ2n) is 3.82. The normalized spacial score (nSPS) is 11.4. The van der Waals surface area contributed by atoms with Gasteiger partial charge in [0.15, 0.2) is 5.76 Å². The van der Waals surface area contributed by atoms with Crippen LogP contribution in [0.5, 0.6) is 5.75 Å². The summed E-state index contributed by atoms with van der Waals surface area (Å²) < 4.78 is 33.1. The third kappa shape index (κ3) is 3.31. The Morgan fingerprint density at radius 1 is 1.26 bits per heavy atom. The van der Waals surface area contributed by atoms with Gasteiger partial charge >= 0.3 is 6.61 Å². The average Bonchev–Trinajstić information content (AvgIpc) is 2.69. The standard InChI is InChI=1S/C13H12F2N2O2/c1-8-12(16)11(17-19-8)7-4-9-2-5-10(6-3-9)18-13(14)15/h2-7,13H,16H2,1H3. The number of nitrogens with zero attached hydrogens (tertiary/aromatic N) is 1. The molecule has 100 valence electrons. The largest absolute Gasteiger partial charge is 0.435 e. The van der Waals surface area contributed by atoms with E-state index in [0.29, 0.717) is 17.1 Å². The van der Waals surface area contributed by atoms with E-state index in [1.54, 1.807) is 31.2 Å². The van der Waals surface area contributed by atoms with Crippen molar-refractivity contribution >= 4 is 17.8 Å². The maximum Gasteiger partial charge on any atom is 0.387 e. The summed E-state index contributed by atoms with van der Waals surface area (Å²) in [6.45, 7) is -1.10. The van der Waals surface area contributed by atoms with Gasteiger partial charge in [-0.25, -0.2) is 0 Å². The molecule has 0 aliphatic heterocycles. The number of halogens is 2. The first-order valence-electron chi connectivity index (χ1n) is 5.51. The monoisotopic (exact) mass is 266 g/mol. The van der Waals surface area contributed by atoms with Gasteiger partial charge in [-0.3, -0.25) is 0 Å². The summed E-state index contributed by atoms with van der Waals surface area (Å²) >= 11 is 0. The zero-order chi connectivity index (χ0) is 13.8. The first-order chi connectivity index (χ1) is 9.06. The lowest BCUT2D eigenvalue weighted by atomic mass is 10.2. The van der Waals surface area contributed by atoms with Gasteiger partial charge in [-0.1, -0.05) is 23.4 Å². The van der Waals surface area contributed by atoms with Crippen molar-refractivity contribution in [2.24, 2.45) is 0 Å². The number of anilines is 1. The smallest absolute Gasteiger partial charge is 0.387 e. The number of nitrogens with two attached hydrogens (primary N) is 1. The highest BCUT2D eigenvalue weighted by atomic mass is 19.3. The van der Waals surface area contributed by atoms with E-state index in [1.807, 2.05) is 0 Å². The molecule has 0 saturated carbocycles. The maximum absolute atomic E-state index is 12.0. The molecule has 1 aromatic heterocycles. The minimum Gasteiger partial charge on any atom is -0.435 e. The Hall–Kier alpha value is -2.37. The number of hydrogen-bond donors (Lipinski definition) is 1. The first kappa shape index (κ1) is 13.1. The quantitative estimate of drug-likeness (QED) is 0.921. The first-order valence-corrected chi connectivity index (χ1v) is 5.51. The molecular weight excluding hydrogens is 254 g/mol. The molecule has 0 aliphatic rings. The lowest BCUT2D eigenvalue weighted by molar-refractivity contribution is -0.0498. The number of benzene rings is 1. The number of alkyl halides is 2. The fourth-order valence-corrected chi connectivity index (χ4v) is 1.45. The molecule has 4 nitrogen and oxygen atoms in total. The highest BCUT2D eigenvalue weighted by Gasteiger charge is 2.05. The molecule has 0 fully saturated rings. The van der Waals surface area contributed by atoms with Crippen LogP contribution in [-0.2, 0) is 0 Å². The van der Waals surface area contributed by atoms with Crippen LogP contribution in [0.2, 0.25) is 0 Å². The van der Waals surface area contributed by atoms with Crippen molar-refractivity contribution in [2.75, 3.05) is 5.73 Å². The summed E-state index contributed by atoms with van der Waals surface area (Å²) in [6, 6.07) is 6.22. The van der Waals surface area contributed by atoms with Gasteiger partial charge in [0.2, 0.25) is 0 Å².